The van der Waals surface area contributed by atoms with Crippen molar-refractivity contribution in [3.63, 3.8) is 0 Å². The standard InChI is InChI=1S/C14H13ClF2N2/c15-11-4-2-1-3-9(11)8-14(19-18)10-5-6-12(16)13(17)7-10/h1-7,14,19H,8,18H2. The highest BCUT2D eigenvalue weighted by Crippen LogP contribution is 2.24. The molecule has 0 aliphatic heterocycles. The van der Waals surface area contributed by atoms with E-state index in [4.69, 9.17) is 17.4 Å². The Balaban J connectivity index is 2.25. The van der Waals surface area contributed by atoms with Crippen LogP contribution in [0, 0.1) is 11.6 Å². The van der Waals surface area contributed by atoms with Gasteiger partial charge in [0.15, 0.2) is 11.6 Å². The van der Waals surface area contributed by atoms with Gasteiger partial charge < -0.3 is 0 Å². The molecular weight excluding hydrogens is 270 g/mol. The summed E-state index contributed by atoms with van der Waals surface area (Å²) < 4.78 is 26.1. The zero-order valence-corrected chi connectivity index (χ0v) is 10.8. The van der Waals surface area contributed by atoms with Crippen LogP contribution in [0.2, 0.25) is 5.02 Å². The van der Waals surface area contributed by atoms with Gasteiger partial charge in [0.2, 0.25) is 0 Å². The average Bonchev–Trinajstić information content (AvgIpc) is 2.41. The Morgan fingerprint density at radius 1 is 1.11 bits per heavy atom. The monoisotopic (exact) mass is 282 g/mol. The summed E-state index contributed by atoms with van der Waals surface area (Å²) in [5.41, 5.74) is 4.05. The molecule has 0 bridgehead atoms. The molecule has 0 fully saturated rings. The van der Waals surface area contributed by atoms with Crippen LogP contribution in [0.1, 0.15) is 17.2 Å². The first kappa shape index (κ1) is 13.9. The van der Waals surface area contributed by atoms with Crippen LogP contribution in [0.5, 0.6) is 0 Å². The Kier molecular flexibility index (Phi) is 4.47. The minimum atomic E-state index is -0.892. The maximum absolute atomic E-state index is 13.2. The van der Waals surface area contributed by atoms with Crippen molar-refractivity contribution in [1.82, 2.24) is 5.43 Å². The maximum atomic E-state index is 13.2. The van der Waals surface area contributed by atoms with E-state index in [1.165, 1.54) is 6.07 Å². The van der Waals surface area contributed by atoms with Crippen LogP contribution < -0.4 is 11.3 Å². The summed E-state index contributed by atoms with van der Waals surface area (Å²) in [6.07, 6.45) is 0.487. The summed E-state index contributed by atoms with van der Waals surface area (Å²) in [4.78, 5) is 0. The smallest absolute Gasteiger partial charge is 0.159 e. The van der Waals surface area contributed by atoms with Crippen molar-refractivity contribution in [2.45, 2.75) is 12.5 Å². The van der Waals surface area contributed by atoms with Gasteiger partial charge in [-0.2, -0.15) is 0 Å². The van der Waals surface area contributed by atoms with Crippen LogP contribution in [-0.4, -0.2) is 0 Å². The third-order valence-corrected chi connectivity index (χ3v) is 3.30. The molecule has 0 aromatic heterocycles. The fraction of sp³-hybridized carbons (Fsp3) is 0.143. The lowest BCUT2D eigenvalue weighted by Crippen LogP contribution is -2.29. The zero-order chi connectivity index (χ0) is 13.8. The molecule has 5 heteroatoms. The minimum absolute atomic E-state index is 0.338. The van der Waals surface area contributed by atoms with Gasteiger partial charge in [-0.15, -0.1) is 0 Å². The van der Waals surface area contributed by atoms with Gasteiger partial charge >= 0.3 is 0 Å². The predicted octanol–water partition coefficient (Wildman–Crippen LogP) is 3.37. The fourth-order valence-electron chi connectivity index (χ4n) is 1.89. The number of hydrogen-bond acceptors (Lipinski definition) is 2. The molecule has 1 atom stereocenters. The lowest BCUT2D eigenvalue weighted by Gasteiger charge is -2.17. The Morgan fingerprint density at radius 3 is 2.47 bits per heavy atom. The average molecular weight is 283 g/mol. The van der Waals surface area contributed by atoms with Crippen LogP contribution >= 0.6 is 11.6 Å². The summed E-state index contributed by atoms with van der Waals surface area (Å²) in [7, 11) is 0. The first-order chi connectivity index (χ1) is 9.11. The van der Waals surface area contributed by atoms with E-state index < -0.39 is 11.6 Å². The van der Waals surface area contributed by atoms with Crippen LogP contribution in [-0.2, 0) is 6.42 Å². The molecule has 0 radical (unpaired) electrons. The van der Waals surface area contributed by atoms with Gasteiger partial charge in [-0.05, 0) is 35.7 Å². The lowest BCUT2D eigenvalue weighted by atomic mass is 9.99. The van der Waals surface area contributed by atoms with E-state index in [2.05, 4.69) is 5.43 Å². The van der Waals surface area contributed by atoms with Crippen LogP contribution in [0.25, 0.3) is 0 Å². The number of hydrogen-bond donors (Lipinski definition) is 2. The number of hydrazine groups is 1. The molecule has 0 saturated carbocycles. The van der Waals surface area contributed by atoms with Crippen molar-refractivity contribution in [2.75, 3.05) is 0 Å². The van der Waals surface area contributed by atoms with Gasteiger partial charge in [0.1, 0.15) is 0 Å². The van der Waals surface area contributed by atoms with Crippen molar-refractivity contribution < 1.29 is 8.78 Å². The van der Waals surface area contributed by atoms with Crippen molar-refractivity contribution >= 4 is 11.6 Å². The molecule has 100 valence electrons. The molecule has 2 nitrogen and oxygen atoms in total. The summed E-state index contributed by atoms with van der Waals surface area (Å²) in [6, 6.07) is 10.7. The van der Waals surface area contributed by atoms with Crippen LogP contribution in [0.3, 0.4) is 0 Å². The molecule has 0 saturated heterocycles. The summed E-state index contributed by atoms with van der Waals surface area (Å²) in [6.45, 7) is 0. The van der Waals surface area contributed by atoms with Crippen molar-refractivity contribution in [1.29, 1.82) is 0 Å². The van der Waals surface area contributed by atoms with Crippen molar-refractivity contribution in [3.05, 3.63) is 70.2 Å². The summed E-state index contributed by atoms with van der Waals surface area (Å²) in [5, 5.41) is 0.616. The molecule has 0 heterocycles. The molecule has 0 aliphatic rings. The Bertz CT molecular complexity index is 575. The highest BCUT2D eigenvalue weighted by Gasteiger charge is 2.14. The molecule has 3 N–H and O–H groups in total. The SMILES string of the molecule is NNC(Cc1ccccc1Cl)c1ccc(F)c(F)c1. The van der Waals surface area contributed by atoms with Gasteiger partial charge in [-0.3, -0.25) is 11.3 Å². The first-order valence-electron chi connectivity index (χ1n) is 5.76. The minimum Gasteiger partial charge on any atom is -0.271 e. The van der Waals surface area contributed by atoms with E-state index in [0.717, 1.165) is 17.7 Å². The fourth-order valence-corrected chi connectivity index (χ4v) is 2.10. The molecule has 0 spiro atoms. The van der Waals surface area contributed by atoms with Crippen LogP contribution in [0.15, 0.2) is 42.5 Å². The molecule has 2 aromatic carbocycles. The summed E-state index contributed by atoms with van der Waals surface area (Å²) >= 11 is 6.07. The molecule has 2 rings (SSSR count). The van der Waals surface area contributed by atoms with E-state index in [-0.39, 0.29) is 6.04 Å². The quantitative estimate of drug-likeness (QED) is 0.666. The Hall–Kier alpha value is -1.49. The molecule has 0 aliphatic carbocycles. The van der Waals surface area contributed by atoms with Gasteiger partial charge in [0.25, 0.3) is 0 Å². The van der Waals surface area contributed by atoms with Crippen LogP contribution in [0.4, 0.5) is 8.78 Å². The van der Waals surface area contributed by atoms with Gasteiger partial charge in [0.05, 0.1) is 6.04 Å². The zero-order valence-electron chi connectivity index (χ0n) is 10.0. The Labute approximate surface area is 115 Å². The highest BCUT2D eigenvalue weighted by molar-refractivity contribution is 6.31. The molecular formula is C14H13ClF2N2. The summed E-state index contributed by atoms with van der Waals surface area (Å²) in [5.74, 6) is 3.71. The normalized spacial score (nSPS) is 12.4. The van der Waals surface area contributed by atoms with E-state index in [0.29, 0.717) is 17.0 Å². The van der Waals surface area contributed by atoms with Crippen molar-refractivity contribution in [3.8, 4) is 0 Å². The largest absolute Gasteiger partial charge is 0.271 e. The number of halogens is 3. The topological polar surface area (TPSA) is 38.0 Å². The van der Waals surface area contributed by atoms with E-state index in [1.54, 1.807) is 6.07 Å². The van der Waals surface area contributed by atoms with Gasteiger partial charge in [-0.25, -0.2) is 8.78 Å². The number of nitrogens with one attached hydrogen (secondary N) is 1. The second-order valence-electron chi connectivity index (χ2n) is 4.19. The third kappa shape index (κ3) is 3.29. The predicted molar refractivity (Wildman–Crippen MR) is 71.6 cm³/mol. The second-order valence-corrected chi connectivity index (χ2v) is 4.60. The van der Waals surface area contributed by atoms with E-state index >= 15 is 0 Å². The third-order valence-electron chi connectivity index (χ3n) is 2.93. The maximum Gasteiger partial charge on any atom is 0.159 e. The van der Waals surface area contributed by atoms with Gasteiger partial charge in [-0.1, -0.05) is 35.9 Å². The number of rotatable bonds is 4. The molecule has 1 unspecified atom stereocenters. The molecule has 0 amide bonds. The van der Waals surface area contributed by atoms with E-state index in [9.17, 15) is 8.78 Å². The van der Waals surface area contributed by atoms with E-state index in [1.807, 2.05) is 18.2 Å². The van der Waals surface area contributed by atoms with Crippen molar-refractivity contribution in [2.24, 2.45) is 5.84 Å². The Morgan fingerprint density at radius 2 is 1.84 bits per heavy atom. The molecule has 19 heavy (non-hydrogen) atoms. The first-order valence-corrected chi connectivity index (χ1v) is 6.14. The number of nitrogens with two attached hydrogens (primary N) is 1. The highest BCUT2D eigenvalue weighted by atomic mass is 35.5. The number of benzene rings is 2. The van der Waals surface area contributed by atoms with Gasteiger partial charge in [0, 0.05) is 5.02 Å². The second kappa shape index (κ2) is 6.10. The lowest BCUT2D eigenvalue weighted by molar-refractivity contribution is 0.497. The molecule has 2 aromatic rings.